The topological polar surface area (TPSA) is 159 Å². The van der Waals surface area contributed by atoms with Crippen molar-refractivity contribution in [3.8, 4) is 0 Å². The number of esters is 2. The molecule has 0 bridgehead atoms. The zero-order valence-corrected chi connectivity index (χ0v) is 12.0. The van der Waals surface area contributed by atoms with E-state index in [2.05, 4.69) is 4.74 Å². The minimum absolute atomic E-state index is 0. The zero-order valence-electron chi connectivity index (χ0n) is 11.0. The van der Waals surface area contributed by atoms with Crippen LogP contribution in [0.1, 0.15) is 32.1 Å². The number of carbonyl (C=O) groups is 3. The molecule has 7 N–H and O–H groups in total. The first-order chi connectivity index (χ1) is 8.88. The number of rotatable bonds is 9. The summed E-state index contributed by atoms with van der Waals surface area (Å²) in [7, 11) is 0. The van der Waals surface area contributed by atoms with Crippen LogP contribution in [0, 0.1) is 0 Å². The van der Waals surface area contributed by atoms with Crippen molar-refractivity contribution < 1.29 is 41.3 Å². The van der Waals surface area contributed by atoms with Crippen LogP contribution in [0.5, 0.6) is 0 Å². The second-order valence-electron chi connectivity index (χ2n) is 4.17. The molecule has 9 heteroatoms. The molecule has 8 nitrogen and oxygen atoms in total. The quantitative estimate of drug-likeness (QED) is 0.175. The summed E-state index contributed by atoms with van der Waals surface area (Å²) in [5.74, 6) is -2.89. The Balaban J connectivity index is 0. The summed E-state index contributed by atoms with van der Waals surface area (Å²) in [5.41, 5.74) is 16.2. The van der Waals surface area contributed by atoms with Gasteiger partial charge in [0.15, 0.2) is 0 Å². The molecule has 1 radical (unpaired) electrons. The van der Waals surface area contributed by atoms with Gasteiger partial charge in [0.1, 0.15) is 12.1 Å². The van der Waals surface area contributed by atoms with Crippen LogP contribution < -0.4 is 17.2 Å². The van der Waals surface area contributed by atoms with E-state index in [1.807, 2.05) is 0 Å². The first-order valence-electron chi connectivity index (χ1n) is 6.07. The number of carboxylic acid groups (broad SMARTS) is 1. The van der Waals surface area contributed by atoms with Crippen LogP contribution in [0.25, 0.3) is 0 Å². The van der Waals surface area contributed by atoms with E-state index in [9.17, 15) is 14.4 Å². The van der Waals surface area contributed by atoms with Gasteiger partial charge < -0.3 is 27.0 Å². The third kappa shape index (κ3) is 9.88. The molecule has 2 atom stereocenters. The molecule has 0 spiro atoms. The average Bonchev–Trinajstić information content (AvgIpc) is 2.35. The molecular weight excluding hydrogens is 318 g/mol. The van der Waals surface area contributed by atoms with Crippen LogP contribution in [0.2, 0.25) is 0 Å². The van der Waals surface area contributed by atoms with E-state index in [0.29, 0.717) is 19.4 Å². The molecule has 0 aromatic rings. The van der Waals surface area contributed by atoms with Crippen LogP contribution in [-0.4, -0.2) is 41.6 Å². The van der Waals surface area contributed by atoms with Crippen molar-refractivity contribution >= 4 is 17.9 Å². The van der Waals surface area contributed by atoms with Gasteiger partial charge in [0.25, 0.3) is 0 Å². The predicted octanol–water partition coefficient (Wildman–Crippen LogP) is -1.30. The van der Waals surface area contributed by atoms with Gasteiger partial charge in [-0.05, 0) is 25.8 Å². The van der Waals surface area contributed by atoms with Gasteiger partial charge in [-0.25, -0.2) is 9.59 Å². The summed E-state index contributed by atoms with van der Waals surface area (Å²) < 4.78 is 4.48. The van der Waals surface area contributed by atoms with Crippen molar-refractivity contribution in [2.24, 2.45) is 17.2 Å². The summed E-state index contributed by atoms with van der Waals surface area (Å²) in [5, 5.41) is 8.43. The number of aliphatic carboxylic acids is 1. The van der Waals surface area contributed by atoms with E-state index in [-0.39, 0.29) is 29.9 Å². The van der Waals surface area contributed by atoms with Gasteiger partial charge in [-0.3, -0.25) is 4.79 Å². The van der Waals surface area contributed by atoms with Crippen molar-refractivity contribution in [2.75, 3.05) is 6.54 Å². The maximum absolute atomic E-state index is 11.4. The molecule has 0 aromatic heterocycles. The number of hydrogen-bond acceptors (Lipinski definition) is 7. The van der Waals surface area contributed by atoms with E-state index < -0.39 is 30.0 Å². The molecular formula is C11H21CuN3O5. The van der Waals surface area contributed by atoms with Crippen LogP contribution >= 0.6 is 0 Å². The van der Waals surface area contributed by atoms with Crippen molar-refractivity contribution in [2.45, 2.75) is 44.2 Å². The average molecular weight is 339 g/mol. The smallest absolute Gasteiger partial charge is 0.330 e. The van der Waals surface area contributed by atoms with Crippen LogP contribution in [-0.2, 0) is 36.2 Å². The van der Waals surface area contributed by atoms with Crippen LogP contribution in [0.15, 0.2) is 0 Å². The molecule has 2 unspecified atom stereocenters. The molecule has 0 amide bonds. The maximum Gasteiger partial charge on any atom is 0.330 e. The standard InChI is InChI=1S/C11H21N3O5.Cu/c12-6-2-1-3-7(13)10(17)19-11(18)8(14)4-5-9(15)16;/h7-8H,1-6,12-14H2,(H,15,16);. The van der Waals surface area contributed by atoms with Crippen LogP contribution in [0.3, 0.4) is 0 Å². The Labute approximate surface area is 127 Å². The predicted molar refractivity (Wildman–Crippen MR) is 66.8 cm³/mol. The third-order valence-electron chi connectivity index (χ3n) is 2.45. The Bertz CT molecular complexity index is 327. The van der Waals surface area contributed by atoms with Crippen LogP contribution in [0.4, 0.5) is 0 Å². The first-order valence-corrected chi connectivity index (χ1v) is 6.07. The van der Waals surface area contributed by atoms with Crippen molar-refractivity contribution in [1.29, 1.82) is 0 Å². The molecule has 0 heterocycles. The molecule has 0 fully saturated rings. The molecule has 0 aliphatic rings. The van der Waals surface area contributed by atoms with E-state index in [1.165, 1.54) is 0 Å². The van der Waals surface area contributed by atoms with Gasteiger partial charge in [-0.2, -0.15) is 0 Å². The Morgan fingerprint density at radius 2 is 1.50 bits per heavy atom. The second kappa shape index (κ2) is 11.8. The minimum Gasteiger partial charge on any atom is -0.481 e. The molecule has 0 aliphatic carbocycles. The van der Waals surface area contributed by atoms with Gasteiger partial charge in [0, 0.05) is 23.5 Å². The molecule has 20 heavy (non-hydrogen) atoms. The van der Waals surface area contributed by atoms with E-state index in [1.54, 1.807) is 0 Å². The number of ether oxygens (including phenoxy) is 1. The van der Waals surface area contributed by atoms with E-state index in [0.717, 1.165) is 6.42 Å². The fourth-order valence-electron chi connectivity index (χ4n) is 1.27. The largest absolute Gasteiger partial charge is 0.481 e. The number of carbonyl (C=O) groups excluding carboxylic acids is 2. The molecule has 0 saturated heterocycles. The normalized spacial score (nSPS) is 12.9. The van der Waals surface area contributed by atoms with Crippen molar-refractivity contribution in [3.05, 3.63) is 0 Å². The number of nitrogens with two attached hydrogens (primary N) is 3. The van der Waals surface area contributed by atoms with E-state index >= 15 is 0 Å². The molecule has 0 rings (SSSR count). The Morgan fingerprint density at radius 3 is 1.95 bits per heavy atom. The Morgan fingerprint density at radius 1 is 1.00 bits per heavy atom. The monoisotopic (exact) mass is 338 g/mol. The molecule has 0 aliphatic heterocycles. The summed E-state index contributed by atoms with van der Waals surface area (Å²) in [6.07, 6.45) is 1.39. The maximum atomic E-state index is 11.4. The summed E-state index contributed by atoms with van der Waals surface area (Å²) in [6.45, 7) is 0.501. The number of carboxylic acids is 1. The third-order valence-corrected chi connectivity index (χ3v) is 2.45. The Hall–Kier alpha value is -0.991. The minimum atomic E-state index is -1.14. The van der Waals surface area contributed by atoms with Crippen molar-refractivity contribution in [1.82, 2.24) is 0 Å². The van der Waals surface area contributed by atoms with Gasteiger partial charge in [-0.1, -0.05) is 6.42 Å². The first kappa shape index (κ1) is 21.3. The number of hydrogen-bond donors (Lipinski definition) is 4. The molecule has 0 aromatic carbocycles. The van der Waals surface area contributed by atoms with Gasteiger partial charge in [0.2, 0.25) is 0 Å². The molecule has 121 valence electrons. The second-order valence-corrected chi connectivity index (χ2v) is 4.17. The Kier molecular flexibility index (Phi) is 12.6. The SMILES string of the molecule is NCCCCC(N)C(=O)OC(=O)C(N)CCC(=O)O.[Cu]. The van der Waals surface area contributed by atoms with Gasteiger partial charge >= 0.3 is 17.9 Å². The molecule has 0 saturated carbocycles. The fraction of sp³-hybridized carbons (Fsp3) is 0.727. The van der Waals surface area contributed by atoms with E-state index in [4.69, 9.17) is 22.3 Å². The summed E-state index contributed by atoms with van der Waals surface area (Å²) in [6, 6.07) is -2.04. The summed E-state index contributed by atoms with van der Waals surface area (Å²) >= 11 is 0. The van der Waals surface area contributed by atoms with Gasteiger partial charge in [0.05, 0.1) is 0 Å². The van der Waals surface area contributed by atoms with Crippen molar-refractivity contribution in [3.63, 3.8) is 0 Å². The zero-order chi connectivity index (χ0) is 14.8. The number of unbranched alkanes of at least 4 members (excludes halogenated alkanes) is 1. The fourth-order valence-corrected chi connectivity index (χ4v) is 1.27. The summed E-state index contributed by atoms with van der Waals surface area (Å²) in [4.78, 5) is 33.1. The van der Waals surface area contributed by atoms with Gasteiger partial charge in [-0.15, -0.1) is 0 Å².